The molecular formula is C16H22O7. The summed E-state index contributed by atoms with van der Waals surface area (Å²) >= 11 is 0. The predicted molar refractivity (Wildman–Crippen MR) is 79.7 cm³/mol. The second kappa shape index (κ2) is 7.74. The van der Waals surface area contributed by atoms with E-state index >= 15 is 0 Å². The molecule has 1 aliphatic heterocycles. The average Bonchev–Trinajstić information content (AvgIpc) is 2.52. The van der Waals surface area contributed by atoms with E-state index in [2.05, 4.69) is 0 Å². The van der Waals surface area contributed by atoms with Crippen LogP contribution in [0.15, 0.2) is 24.3 Å². The molecule has 5 atom stereocenters. The Hall–Kier alpha value is -1.67. The molecule has 128 valence electrons. The minimum atomic E-state index is -1.35. The van der Waals surface area contributed by atoms with Crippen molar-refractivity contribution in [1.82, 2.24) is 0 Å². The van der Waals surface area contributed by atoms with Gasteiger partial charge in [-0.1, -0.05) is 12.1 Å². The molecule has 0 aromatic heterocycles. The molecule has 7 heteroatoms. The first-order valence-electron chi connectivity index (χ1n) is 7.35. The van der Waals surface area contributed by atoms with E-state index in [0.717, 1.165) is 11.3 Å². The second-order valence-electron chi connectivity index (χ2n) is 5.42. The Morgan fingerprint density at radius 1 is 1.22 bits per heavy atom. The molecule has 1 aliphatic rings. The lowest BCUT2D eigenvalue weighted by Crippen LogP contribution is -2.58. The normalized spacial score (nSPS) is 30.7. The molecule has 0 aliphatic carbocycles. The van der Waals surface area contributed by atoms with Crippen molar-refractivity contribution in [1.29, 1.82) is 0 Å². The fourth-order valence-electron chi connectivity index (χ4n) is 2.43. The third-order valence-electron chi connectivity index (χ3n) is 3.68. The van der Waals surface area contributed by atoms with E-state index in [0.29, 0.717) is 0 Å². The van der Waals surface area contributed by atoms with E-state index in [1.807, 2.05) is 12.1 Å². The molecule has 23 heavy (non-hydrogen) atoms. The lowest BCUT2D eigenvalue weighted by atomic mass is 9.99. The summed E-state index contributed by atoms with van der Waals surface area (Å²) in [6.07, 6.45) is -4.99. The largest absolute Gasteiger partial charge is 0.497 e. The van der Waals surface area contributed by atoms with Crippen LogP contribution in [-0.2, 0) is 25.6 Å². The lowest BCUT2D eigenvalue weighted by molar-refractivity contribution is -0.291. The van der Waals surface area contributed by atoms with Crippen molar-refractivity contribution in [3.8, 4) is 5.75 Å². The van der Waals surface area contributed by atoms with Gasteiger partial charge in [0.25, 0.3) is 0 Å². The summed E-state index contributed by atoms with van der Waals surface area (Å²) in [5.74, 6) is 0.138. The van der Waals surface area contributed by atoms with Gasteiger partial charge in [-0.3, -0.25) is 4.79 Å². The number of benzene rings is 1. The van der Waals surface area contributed by atoms with E-state index in [4.69, 9.17) is 18.9 Å². The molecule has 2 rings (SSSR count). The maximum Gasteiger partial charge on any atom is 0.303 e. The number of hydrogen-bond donors (Lipinski definition) is 2. The minimum absolute atomic E-state index is 0.183. The monoisotopic (exact) mass is 326 g/mol. The molecule has 7 nitrogen and oxygen atoms in total. The zero-order chi connectivity index (χ0) is 17.0. The van der Waals surface area contributed by atoms with Crippen molar-refractivity contribution < 1.29 is 34.0 Å². The molecule has 0 bridgehead atoms. The summed E-state index contributed by atoms with van der Waals surface area (Å²) in [6.45, 7) is 3.02. The highest BCUT2D eigenvalue weighted by Crippen LogP contribution is 2.26. The number of aliphatic hydroxyl groups excluding tert-OH is 2. The van der Waals surface area contributed by atoms with Gasteiger partial charge < -0.3 is 29.2 Å². The number of hydrogen-bond acceptors (Lipinski definition) is 7. The van der Waals surface area contributed by atoms with Gasteiger partial charge in [0.2, 0.25) is 0 Å². The van der Waals surface area contributed by atoms with Gasteiger partial charge in [-0.15, -0.1) is 0 Å². The first-order valence-corrected chi connectivity index (χ1v) is 7.35. The number of ether oxygens (including phenoxy) is 4. The fraction of sp³-hybridized carbons (Fsp3) is 0.562. The van der Waals surface area contributed by atoms with Crippen molar-refractivity contribution in [3.05, 3.63) is 29.8 Å². The number of esters is 1. The van der Waals surface area contributed by atoms with Crippen LogP contribution in [0.1, 0.15) is 19.4 Å². The second-order valence-corrected chi connectivity index (χ2v) is 5.42. The maximum absolute atomic E-state index is 11.2. The van der Waals surface area contributed by atoms with Crippen molar-refractivity contribution in [2.75, 3.05) is 7.11 Å². The quantitative estimate of drug-likeness (QED) is 0.766. The highest BCUT2D eigenvalue weighted by atomic mass is 16.7. The smallest absolute Gasteiger partial charge is 0.303 e. The van der Waals surface area contributed by atoms with Crippen LogP contribution in [-0.4, -0.2) is 54.0 Å². The molecule has 1 fully saturated rings. The first-order chi connectivity index (χ1) is 10.9. The van der Waals surface area contributed by atoms with Crippen LogP contribution in [0, 0.1) is 0 Å². The van der Waals surface area contributed by atoms with Gasteiger partial charge in [-0.05, 0) is 24.6 Å². The SMILES string of the molecule is COc1ccc(CO[C@@H]2[C@H](O)[C@H](C)OC(O)[C@H]2OC(C)=O)cc1. The Bertz CT molecular complexity index is 516. The third-order valence-corrected chi connectivity index (χ3v) is 3.68. The van der Waals surface area contributed by atoms with Crippen LogP contribution in [0.3, 0.4) is 0 Å². The van der Waals surface area contributed by atoms with E-state index < -0.39 is 36.7 Å². The van der Waals surface area contributed by atoms with Crippen molar-refractivity contribution in [2.45, 2.75) is 51.2 Å². The summed E-state index contributed by atoms with van der Waals surface area (Å²) in [5.41, 5.74) is 0.855. The van der Waals surface area contributed by atoms with Gasteiger partial charge in [-0.2, -0.15) is 0 Å². The van der Waals surface area contributed by atoms with Crippen LogP contribution in [0.25, 0.3) is 0 Å². The van der Waals surface area contributed by atoms with Gasteiger partial charge in [0, 0.05) is 6.92 Å². The van der Waals surface area contributed by atoms with Crippen LogP contribution < -0.4 is 4.74 Å². The molecule has 1 unspecified atom stereocenters. The number of carbonyl (C=O) groups excluding carboxylic acids is 1. The summed E-state index contributed by atoms with van der Waals surface area (Å²) in [7, 11) is 1.58. The van der Waals surface area contributed by atoms with Crippen molar-refractivity contribution in [2.24, 2.45) is 0 Å². The fourth-order valence-corrected chi connectivity index (χ4v) is 2.43. The number of carbonyl (C=O) groups is 1. The highest BCUT2D eigenvalue weighted by molar-refractivity contribution is 5.66. The molecule has 0 radical (unpaired) electrons. The van der Waals surface area contributed by atoms with Gasteiger partial charge in [0.1, 0.15) is 18.0 Å². The van der Waals surface area contributed by atoms with Gasteiger partial charge in [0.05, 0.1) is 19.8 Å². The van der Waals surface area contributed by atoms with E-state index in [9.17, 15) is 15.0 Å². The van der Waals surface area contributed by atoms with Gasteiger partial charge >= 0.3 is 5.97 Å². The zero-order valence-corrected chi connectivity index (χ0v) is 13.3. The van der Waals surface area contributed by atoms with Gasteiger partial charge in [-0.25, -0.2) is 0 Å². The first kappa shape index (κ1) is 17.7. The van der Waals surface area contributed by atoms with Crippen LogP contribution in [0.4, 0.5) is 0 Å². The van der Waals surface area contributed by atoms with E-state index in [-0.39, 0.29) is 6.61 Å². The maximum atomic E-state index is 11.2. The number of methoxy groups -OCH3 is 1. The molecule has 1 aromatic rings. The van der Waals surface area contributed by atoms with Gasteiger partial charge in [0.15, 0.2) is 12.4 Å². The summed E-state index contributed by atoms with van der Waals surface area (Å²) < 4.78 is 21.0. The Balaban J connectivity index is 2.06. The Morgan fingerprint density at radius 2 is 1.87 bits per heavy atom. The molecule has 1 saturated heterocycles. The molecule has 0 spiro atoms. The Kier molecular flexibility index (Phi) is 5.95. The van der Waals surface area contributed by atoms with Crippen molar-refractivity contribution >= 4 is 5.97 Å². The summed E-state index contributed by atoms with van der Waals surface area (Å²) in [6, 6.07) is 7.23. The van der Waals surface area contributed by atoms with Crippen LogP contribution in [0.2, 0.25) is 0 Å². The zero-order valence-electron chi connectivity index (χ0n) is 13.3. The molecular weight excluding hydrogens is 304 g/mol. The lowest BCUT2D eigenvalue weighted by Gasteiger charge is -2.40. The predicted octanol–water partition coefficient (Wildman–Crippen LogP) is 0.610. The molecule has 0 amide bonds. The molecule has 1 aromatic carbocycles. The molecule has 2 N–H and O–H groups in total. The standard InChI is InChI=1S/C16H22O7/c1-9-13(18)14(15(16(19)22-9)23-10(2)17)21-8-11-4-6-12(20-3)7-5-11/h4-7,9,13-16,18-19H,8H2,1-3H3/t9-,13+,14+,15-,16?/m0/s1. The molecule has 0 saturated carbocycles. The topological polar surface area (TPSA) is 94.5 Å². The van der Waals surface area contributed by atoms with E-state index in [1.54, 1.807) is 26.2 Å². The Labute approximate surface area is 134 Å². The minimum Gasteiger partial charge on any atom is -0.497 e. The summed E-state index contributed by atoms with van der Waals surface area (Å²) in [4.78, 5) is 11.2. The Morgan fingerprint density at radius 3 is 2.43 bits per heavy atom. The van der Waals surface area contributed by atoms with Crippen LogP contribution >= 0.6 is 0 Å². The molecule has 1 heterocycles. The van der Waals surface area contributed by atoms with Crippen molar-refractivity contribution in [3.63, 3.8) is 0 Å². The highest BCUT2D eigenvalue weighted by Gasteiger charge is 2.45. The average molecular weight is 326 g/mol. The number of rotatable bonds is 5. The van der Waals surface area contributed by atoms with Crippen LogP contribution in [0.5, 0.6) is 5.75 Å². The van der Waals surface area contributed by atoms with E-state index in [1.165, 1.54) is 6.92 Å². The number of aliphatic hydroxyl groups is 2. The third kappa shape index (κ3) is 4.42. The summed E-state index contributed by atoms with van der Waals surface area (Å²) in [5, 5.41) is 20.2.